The Bertz CT molecular complexity index is 479. The van der Waals surface area contributed by atoms with Gasteiger partial charge in [0, 0.05) is 12.6 Å². The summed E-state index contributed by atoms with van der Waals surface area (Å²) in [5.41, 5.74) is 0.732. The van der Waals surface area contributed by atoms with Gasteiger partial charge in [0.25, 0.3) is 0 Å². The highest BCUT2D eigenvalue weighted by atomic mass is 32.1. The number of thiazole rings is 1. The molecule has 1 aliphatic rings. The highest BCUT2D eigenvalue weighted by Crippen LogP contribution is 2.33. The maximum absolute atomic E-state index is 11.4. The summed E-state index contributed by atoms with van der Waals surface area (Å²) < 4.78 is 0. The smallest absolute Gasteiger partial charge is 0.347 e. The maximum atomic E-state index is 11.4. The number of hydrogen-bond donors (Lipinski definition) is 1. The molecule has 1 aromatic rings. The third kappa shape index (κ3) is 3.96. The second kappa shape index (κ2) is 7.25. The van der Waals surface area contributed by atoms with Crippen LogP contribution in [0.15, 0.2) is 0 Å². The van der Waals surface area contributed by atoms with Gasteiger partial charge >= 0.3 is 5.97 Å². The van der Waals surface area contributed by atoms with Crippen LogP contribution in [-0.4, -0.2) is 28.6 Å². The minimum Gasteiger partial charge on any atom is -0.477 e. The minimum atomic E-state index is -0.842. The molecule has 1 N–H and O–H groups in total. The van der Waals surface area contributed by atoms with E-state index in [4.69, 9.17) is 0 Å². The molecule has 0 saturated heterocycles. The number of hydrogen-bond acceptors (Lipinski definition) is 4. The molecule has 2 rings (SSSR count). The van der Waals surface area contributed by atoms with Crippen molar-refractivity contribution in [3.05, 3.63) is 10.6 Å². The summed E-state index contributed by atoms with van der Waals surface area (Å²) in [6.07, 6.45) is 6.78. The van der Waals surface area contributed by atoms with Crippen LogP contribution in [0, 0.1) is 5.92 Å². The number of aromatic carboxylic acids is 1. The number of carboxylic acids is 1. The van der Waals surface area contributed by atoms with Gasteiger partial charge in [0.05, 0.1) is 5.69 Å². The van der Waals surface area contributed by atoms with Crippen molar-refractivity contribution in [1.29, 1.82) is 0 Å². The molecule has 0 radical (unpaired) electrons. The zero-order chi connectivity index (χ0) is 15.4. The van der Waals surface area contributed by atoms with Crippen molar-refractivity contribution in [3.63, 3.8) is 0 Å². The van der Waals surface area contributed by atoms with E-state index in [1.165, 1.54) is 37.0 Å². The Kier molecular flexibility index (Phi) is 5.62. The van der Waals surface area contributed by atoms with Gasteiger partial charge in [-0.25, -0.2) is 9.78 Å². The predicted octanol–water partition coefficient (Wildman–Crippen LogP) is 4.20. The quantitative estimate of drug-likeness (QED) is 0.820. The molecule has 0 aromatic carbocycles. The molecule has 0 bridgehead atoms. The van der Waals surface area contributed by atoms with Crippen LogP contribution in [0.3, 0.4) is 0 Å². The van der Waals surface area contributed by atoms with Crippen LogP contribution in [0.4, 0.5) is 5.13 Å². The molecule has 1 aliphatic carbocycles. The Morgan fingerprint density at radius 3 is 2.57 bits per heavy atom. The Morgan fingerprint density at radius 1 is 1.43 bits per heavy atom. The van der Waals surface area contributed by atoms with Gasteiger partial charge in [-0.15, -0.1) is 0 Å². The fourth-order valence-electron chi connectivity index (χ4n) is 2.92. The van der Waals surface area contributed by atoms with Crippen LogP contribution in [-0.2, 0) is 6.42 Å². The summed E-state index contributed by atoms with van der Waals surface area (Å²) >= 11 is 1.35. The molecule has 1 fully saturated rings. The van der Waals surface area contributed by atoms with E-state index in [0.29, 0.717) is 23.3 Å². The van der Waals surface area contributed by atoms with Crippen LogP contribution in [0.2, 0.25) is 0 Å². The first-order chi connectivity index (χ1) is 10.0. The molecule has 1 heterocycles. The van der Waals surface area contributed by atoms with E-state index >= 15 is 0 Å². The van der Waals surface area contributed by atoms with E-state index in [1.807, 2.05) is 6.92 Å². The number of rotatable bonds is 7. The Labute approximate surface area is 131 Å². The molecule has 5 heteroatoms. The van der Waals surface area contributed by atoms with Gasteiger partial charge in [-0.3, -0.25) is 0 Å². The third-order valence-corrected chi connectivity index (χ3v) is 5.30. The lowest BCUT2D eigenvalue weighted by Crippen LogP contribution is -2.34. The number of carboxylic acid groups (broad SMARTS) is 1. The summed E-state index contributed by atoms with van der Waals surface area (Å²) in [6, 6.07) is 0.543. The largest absolute Gasteiger partial charge is 0.477 e. The van der Waals surface area contributed by atoms with Crippen LogP contribution < -0.4 is 4.90 Å². The van der Waals surface area contributed by atoms with Gasteiger partial charge < -0.3 is 10.0 Å². The second-order valence-corrected chi connectivity index (χ2v) is 7.22. The SMILES string of the molecule is CCc1nc(N(CCC(C)C)C2CCCC2)sc1C(=O)O. The number of carbonyl (C=O) groups is 1. The van der Waals surface area contributed by atoms with Crippen LogP contribution in [0.1, 0.15) is 68.2 Å². The van der Waals surface area contributed by atoms with Crippen molar-refractivity contribution in [2.75, 3.05) is 11.4 Å². The lowest BCUT2D eigenvalue weighted by molar-refractivity contribution is 0.0701. The van der Waals surface area contributed by atoms with Gasteiger partial charge in [0.15, 0.2) is 5.13 Å². The zero-order valence-corrected chi connectivity index (χ0v) is 14.1. The lowest BCUT2D eigenvalue weighted by atomic mass is 10.1. The van der Waals surface area contributed by atoms with Gasteiger partial charge in [-0.2, -0.15) is 0 Å². The van der Waals surface area contributed by atoms with Gasteiger partial charge in [0.2, 0.25) is 0 Å². The third-order valence-electron chi connectivity index (χ3n) is 4.17. The molecule has 0 spiro atoms. The van der Waals surface area contributed by atoms with Crippen LogP contribution in [0.5, 0.6) is 0 Å². The molecule has 0 atom stereocenters. The molecular weight excluding hydrogens is 284 g/mol. The average Bonchev–Trinajstić information content (AvgIpc) is 3.07. The Balaban J connectivity index is 2.24. The number of nitrogens with zero attached hydrogens (tertiary/aromatic N) is 2. The lowest BCUT2D eigenvalue weighted by Gasteiger charge is -2.29. The second-order valence-electron chi connectivity index (χ2n) is 6.25. The molecule has 118 valence electrons. The van der Waals surface area contributed by atoms with Crippen molar-refractivity contribution >= 4 is 22.4 Å². The van der Waals surface area contributed by atoms with Crippen molar-refractivity contribution < 1.29 is 9.90 Å². The normalized spacial score (nSPS) is 15.8. The first kappa shape index (κ1) is 16.3. The van der Waals surface area contributed by atoms with E-state index in [9.17, 15) is 9.90 Å². The Hall–Kier alpha value is -1.10. The van der Waals surface area contributed by atoms with Gasteiger partial charge in [-0.1, -0.05) is 44.9 Å². The van der Waals surface area contributed by atoms with E-state index in [-0.39, 0.29) is 0 Å². The topological polar surface area (TPSA) is 53.4 Å². The molecule has 1 saturated carbocycles. The molecular formula is C16H26N2O2S. The maximum Gasteiger partial charge on any atom is 0.347 e. The number of aryl methyl sites for hydroxylation is 1. The molecule has 21 heavy (non-hydrogen) atoms. The first-order valence-corrected chi connectivity index (χ1v) is 8.84. The van der Waals surface area contributed by atoms with E-state index in [0.717, 1.165) is 23.8 Å². The standard InChI is InChI=1S/C16H26N2O2S/c1-4-13-14(15(19)20)21-16(17-13)18(10-9-11(2)3)12-7-5-6-8-12/h11-12H,4-10H2,1-3H3,(H,19,20). The molecule has 1 aromatic heterocycles. The molecule has 4 nitrogen and oxygen atoms in total. The summed E-state index contributed by atoms with van der Waals surface area (Å²) in [5.74, 6) is -0.190. The van der Waals surface area contributed by atoms with E-state index < -0.39 is 5.97 Å². The first-order valence-electron chi connectivity index (χ1n) is 8.02. The summed E-state index contributed by atoms with van der Waals surface area (Å²) in [7, 11) is 0. The molecule has 0 aliphatic heterocycles. The fraction of sp³-hybridized carbons (Fsp3) is 0.750. The zero-order valence-electron chi connectivity index (χ0n) is 13.3. The van der Waals surface area contributed by atoms with E-state index in [2.05, 4.69) is 23.7 Å². The monoisotopic (exact) mass is 310 g/mol. The average molecular weight is 310 g/mol. The predicted molar refractivity (Wildman–Crippen MR) is 87.5 cm³/mol. The van der Waals surface area contributed by atoms with Crippen LogP contribution in [0.25, 0.3) is 0 Å². The molecule has 0 amide bonds. The van der Waals surface area contributed by atoms with Gasteiger partial charge in [0.1, 0.15) is 4.88 Å². The Morgan fingerprint density at radius 2 is 2.10 bits per heavy atom. The van der Waals surface area contributed by atoms with Crippen molar-refractivity contribution in [1.82, 2.24) is 4.98 Å². The van der Waals surface area contributed by atoms with E-state index in [1.54, 1.807) is 0 Å². The molecule has 0 unspecified atom stereocenters. The van der Waals surface area contributed by atoms with Crippen LogP contribution >= 0.6 is 11.3 Å². The summed E-state index contributed by atoms with van der Waals surface area (Å²) in [4.78, 5) is 18.8. The number of aromatic nitrogens is 1. The fourth-order valence-corrected chi connectivity index (χ4v) is 4.01. The summed E-state index contributed by atoms with van der Waals surface area (Å²) in [6.45, 7) is 7.42. The van der Waals surface area contributed by atoms with Gasteiger partial charge in [-0.05, 0) is 31.6 Å². The highest BCUT2D eigenvalue weighted by Gasteiger charge is 2.27. The summed E-state index contributed by atoms with van der Waals surface area (Å²) in [5, 5.41) is 10.2. The highest BCUT2D eigenvalue weighted by molar-refractivity contribution is 7.17. The van der Waals surface area contributed by atoms with Crippen molar-refractivity contribution in [2.24, 2.45) is 5.92 Å². The number of anilines is 1. The minimum absolute atomic E-state index is 0.417. The van der Waals surface area contributed by atoms with Crippen molar-refractivity contribution in [3.8, 4) is 0 Å². The van der Waals surface area contributed by atoms with Crippen molar-refractivity contribution in [2.45, 2.75) is 65.3 Å².